The summed E-state index contributed by atoms with van der Waals surface area (Å²) in [7, 11) is -3.18. The standard InChI is InChI=1S/C24H31FN2O4S/c1-4-26(5-2)20-12-10-19(11-13-20)16-27(21-14-15-32(29,30)17-21)24(28)18(3)31-23-9-7-6-8-22(23)25/h6-13,18,21H,4-5,14-17H2,1-3H3. The summed E-state index contributed by atoms with van der Waals surface area (Å²) >= 11 is 0. The predicted octanol–water partition coefficient (Wildman–Crippen LogP) is 3.66. The molecule has 0 radical (unpaired) electrons. The molecule has 8 heteroatoms. The lowest BCUT2D eigenvalue weighted by Gasteiger charge is -2.31. The Bertz CT molecular complexity index is 1020. The molecule has 0 aliphatic carbocycles. The zero-order chi connectivity index (χ0) is 23.3. The van der Waals surface area contributed by atoms with E-state index in [2.05, 4.69) is 18.7 Å². The maximum atomic E-state index is 14.0. The van der Waals surface area contributed by atoms with E-state index in [1.165, 1.54) is 12.1 Å². The van der Waals surface area contributed by atoms with E-state index >= 15 is 0 Å². The third-order valence-corrected chi connectivity index (χ3v) is 7.59. The molecule has 2 aromatic carbocycles. The van der Waals surface area contributed by atoms with Crippen molar-refractivity contribution in [3.05, 3.63) is 59.9 Å². The zero-order valence-electron chi connectivity index (χ0n) is 18.8. The molecular formula is C24H31FN2O4S. The minimum atomic E-state index is -3.18. The SMILES string of the molecule is CCN(CC)c1ccc(CN(C(=O)C(C)Oc2ccccc2F)C2CCS(=O)(=O)C2)cc1. The number of amides is 1. The summed E-state index contributed by atoms with van der Waals surface area (Å²) in [6, 6.07) is 13.4. The van der Waals surface area contributed by atoms with Crippen LogP contribution in [0.15, 0.2) is 48.5 Å². The first-order chi connectivity index (χ1) is 15.2. The second-order valence-electron chi connectivity index (χ2n) is 8.05. The topological polar surface area (TPSA) is 66.9 Å². The van der Waals surface area contributed by atoms with Crippen LogP contribution < -0.4 is 9.64 Å². The Kier molecular flexibility index (Phi) is 7.77. The van der Waals surface area contributed by atoms with E-state index < -0.39 is 27.8 Å². The lowest BCUT2D eigenvalue weighted by atomic mass is 10.1. The average Bonchev–Trinajstić information content (AvgIpc) is 3.14. The number of para-hydroxylation sites is 1. The van der Waals surface area contributed by atoms with Gasteiger partial charge in [-0.05, 0) is 57.0 Å². The van der Waals surface area contributed by atoms with Crippen molar-refractivity contribution >= 4 is 21.4 Å². The van der Waals surface area contributed by atoms with Crippen LogP contribution >= 0.6 is 0 Å². The van der Waals surface area contributed by atoms with Gasteiger partial charge < -0.3 is 14.5 Å². The van der Waals surface area contributed by atoms with Gasteiger partial charge in [-0.25, -0.2) is 12.8 Å². The van der Waals surface area contributed by atoms with Crippen molar-refractivity contribution in [2.24, 2.45) is 0 Å². The van der Waals surface area contributed by atoms with Gasteiger partial charge in [0, 0.05) is 31.4 Å². The molecule has 1 aliphatic rings. The highest BCUT2D eigenvalue weighted by Gasteiger charge is 2.36. The van der Waals surface area contributed by atoms with Crippen LogP contribution in [0.1, 0.15) is 32.8 Å². The molecule has 2 atom stereocenters. The van der Waals surface area contributed by atoms with E-state index in [1.54, 1.807) is 24.0 Å². The molecule has 174 valence electrons. The van der Waals surface area contributed by atoms with Crippen molar-refractivity contribution in [3.63, 3.8) is 0 Å². The van der Waals surface area contributed by atoms with Gasteiger partial charge in [0.1, 0.15) is 0 Å². The van der Waals surface area contributed by atoms with Crippen LogP contribution in [0.25, 0.3) is 0 Å². The lowest BCUT2D eigenvalue weighted by molar-refractivity contribution is -0.140. The number of halogens is 1. The maximum Gasteiger partial charge on any atom is 0.263 e. The van der Waals surface area contributed by atoms with Gasteiger partial charge in [0.05, 0.1) is 11.5 Å². The average molecular weight is 463 g/mol. The van der Waals surface area contributed by atoms with Crippen LogP contribution in [0.5, 0.6) is 5.75 Å². The van der Waals surface area contributed by atoms with Crippen LogP contribution in [0.2, 0.25) is 0 Å². The third kappa shape index (κ3) is 5.79. The number of hydrogen-bond donors (Lipinski definition) is 0. The molecule has 1 amide bonds. The van der Waals surface area contributed by atoms with Crippen molar-refractivity contribution < 1.29 is 22.3 Å². The normalized spacial score (nSPS) is 18.2. The molecule has 32 heavy (non-hydrogen) atoms. The van der Waals surface area contributed by atoms with E-state index in [0.29, 0.717) is 6.42 Å². The van der Waals surface area contributed by atoms with Gasteiger partial charge in [0.2, 0.25) is 0 Å². The van der Waals surface area contributed by atoms with Gasteiger partial charge in [-0.3, -0.25) is 4.79 Å². The number of sulfone groups is 1. The number of anilines is 1. The first-order valence-corrected chi connectivity index (χ1v) is 12.8. The minimum absolute atomic E-state index is 0.00378. The number of carbonyl (C=O) groups excluding carboxylic acids is 1. The van der Waals surface area contributed by atoms with Crippen LogP contribution in [-0.2, 0) is 21.2 Å². The molecule has 0 spiro atoms. The van der Waals surface area contributed by atoms with Crippen LogP contribution in [0.3, 0.4) is 0 Å². The molecule has 1 fully saturated rings. The second-order valence-corrected chi connectivity index (χ2v) is 10.3. The van der Waals surface area contributed by atoms with Crippen LogP contribution in [0.4, 0.5) is 10.1 Å². The minimum Gasteiger partial charge on any atom is -0.478 e. The van der Waals surface area contributed by atoms with E-state index in [-0.39, 0.29) is 29.7 Å². The molecule has 1 aliphatic heterocycles. The van der Waals surface area contributed by atoms with Gasteiger partial charge in [-0.15, -0.1) is 0 Å². The van der Waals surface area contributed by atoms with E-state index in [1.807, 2.05) is 24.3 Å². The highest BCUT2D eigenvalue weighted by atomic mass is 32.2. The summed E-state index contributed by atoms with van der Waals surface area (Å²) in [6.45, 7) is 7.80. The number of benzene rings is 2. The smallest absolute Gasteiger partial charge is 0.263 e. The highest BCUT2D eigenvalue weighted by Crippen LogP contribution is 2.24. The molecule has 2 aromatic rings. The highest BCUT2D eigenvalue weighted by molar-refractivity contribution is 7.91. The fourth-order valence-electron chi connectivity index (χ4n) is 4.02. The Hall–Kier alpha value is -2.61. The summed E-state index contributed by atoms with van der Waals surface area (Å²) in [4.78, 5) is 17.1. The Morgan fingerprint density at radius 2 is 1.78 bits per heavy atom. The van der Waals surface area contributed by atoms with Gasteiger partial charge in [0.15, 0.2) is 27.5 Å². The van der Waals surface area contributed by atoms with Crippen molar-refractivity contribution in [1.29, 1.82) is 0 Å². The largest absolute Gasteiger partial charge is 0.478 e. The Morgan fingerprint density at radius 3 is 2.34 bits per heavy atom. The molecule has 0 saturated carbocycles. The molecule has 1 saturated heterocycles. The molecule has 0 aromatic heterocycles. The Labute approximate surface area is 189 Å². The monoisotopic (exact) mass is 462 g/mol. The molecule has 0 bridgehead atoms. The van der Waals surface area contributed by atoms with Crippen LogP contribution in [0, 0.1) is 5.82 Å². The lowest BCUT2D eigenvalue weighted by Crippen LogP contribution is -2.46. The summed E-state index contributed by atoms with van der Waals surface area (Å²) in [5, 5.41) is 0. The van der Waals surface area contributed by atoms with Crippen molar-refractivity contribution in [1.82, 2.24) is 4.90 Å². The fraction of sp³-hybridized carbons (Fsp3) is 0.458. The Balaban J connectivity index is 1.80. The van der Waals surface area contributed by atoms with Crippen molar-refractivity contribution in [3.8, 4) is 5.75 Å². The number of nitrogens with zero attached hydrogens (tertiary/aromatic N) is 2. The van der Waals surface area contributed by atoms with E-state index in [9.17, 15) is 17.6 Å². The molecule has 2 unspecified atom stereocenters. The quantitative estimate of drug-likeness (QED) is 0.569. The number of hydrogen-bond acceptors (Lipinski definition) is 5. The number of ether oxygens (including phenoxy) is 1. The van der Waals surface area contributed by atoms with Gasteiger partial charge in [-0.2, -0.15) is 0 Å². The fourth-order valence-corrected chi connectivity index (χ4v) is 5.75. The summed E-state index contributed by atoms with van der Waals surface area (Å²) in [5.74, 6) is -0.915. The first-order valence-electron chi connectivity index (χ1n) is 11.0. The van der Waals surface area contributed by atoms with Gasteiger partial charge in [-0.1, -0.05) is 24.3 Å². The molecule has 1 heterocycles. The first kappa shape index (κ1) is 24.0. The second kappa shape index (κ2) is 10.3. The summed E-state index contributed by atoms with van der Waals surface area (Å²) < 4.78 is 43.8. The van der Waals surface area contributed by atoms with Crippen molar-refractivity contribution in [2.45, 2.75) is 45.9 Å². The third-order valence-electron chi connectivity index (χ3n) is 5.84. The van der Waals surface area contributed by atoms with Gasteiger partial charge >= 0.3 is 0 Å². The maximum absolute atomic E-state index is 14.0. The molecule has 6 nitrogen and oxygen atoms in total. The summed E-state index contributed by atoms with van der Waals surface area (Å²) in [6.07, 6.45) is -0.567. The predicted molar refractivity (Wildman–Crippen MR) is 124 cm³/mol. The number of rotatable bonds is 9. The zero-order valence-corrected chi connectivity index (χ0v) is 19.6. The van der Waals surface area contributed by atoms with Gasteiger partial charge in [0.25, 0.3) is 5.91 Å². The summed E-state index contributed by atoms with van der Waals surface area (Å²) in [5.41, 5.74) is 1.99. The number of carbonyl (C=O) groups is 1. The Morgan fingerprint density at radius 1 is 1.12 bits per heavy atom. The van der Waals surface area contributed by atoms with Crippen molar-refractivity contribution in [2.75, 3.05) is 29.5 Å². The van der Waals surface area contributed by atoms with E-state index in [0.717, 1.165) is 24.3 Å². The van der Waals surface area contributed by atoms with Crippen LogP contribution in [-0.4, -0.2) is 56.0 Å². The molecule has 3 rings (SSSR count). The van der Waals surface area contributed by atoms with E-state index in [4.69, 9.17) is 4.74 Å². The molecular weight excluding hydrogens is 431 g/mol. The molecule has 0 N–H and O–H groups in total.